The van der Waals surface area contributed by atoms with Crippen LogP contribution in [0.2, 0.25) is 0 Å². The Bertz CT molecular complexity index is 183. The second-order valence-electron chi connectivity index (χ2n) is 4.20. The summed E-state index contributed by atoms with van der Waals surface area (Å²) in [6.45, 7) is 7.17. The van der Waals surface area contributed by atoms with Crippen molar-refractivity contribution in [1.29, 1.82) is 0 Å². The maximum Gasteiger partial charge on any atom is 0.320 e. The molecule has 2 unspecified atom stereocenters. The van der Waals surface area contributed by atoms with Crippen LogP contribution in [0.3, 0.4) is 0 Å². The summed E-state index contributed by atoms with van der Waals surface area (Å²) in [5.41, 5.74) is 5.41. The minimum absolute atomic E-state index is 0.455. The van der Waals surface area contributed by atoms with Gasteiger partial charge in [-0.3, -0.25) is 4.79 Å². The Balaban J connectivity index is 3.84. The minimum atomic E-state index is -0.921. The molecule has 14 heavy (non-hydrogen) atoms. The van der Waals surface area contributed by atoms with E-state index < -0.39 is 12.0 Å². The number of carboxylic acids is 1. The molecule has 0 aliphatic rings. The molecule has 0 radical (unpaired) electrons. The largest absolute Gasteiger partial charge is 0.480 e. The second-order valence-corrected chi connectivity index (χ2v) is 4.20. The van der Waals surface area contributed by atoms with Gasteiger partial charge in [0.1, 0.15) is 6.04 Å². The fraction of sp³-hybridized carbons (Fsp3) is 0.900. The summed E-state index contributed by atoms with van der Waals surface area (Å²) in [6, 6.07) is -0.284. The molecule has 0 saturated heterocycles. The van der Waals surface area contributed by atoms with Gasteiger partial charge in [0.05, 0.1) is 0 Å². The van der Waals surface area contributed by atoms with Crippen LogP contribution in [0.15, 0.2) is 0 Å². The summed E-state index contributed by atoms with van der Waals surface area (Å²) in [5, 5.41) is 8.60. The SMILES string of the molecule is CC(C)C(C)N(C)CCC(N)C(=O)O. The molecule has 0 heterocycles. The van der Waals surface area contributed by atoms with Gasteiger partial charge in [-0.05, 0) is 26.3 Å². The molecule has 3 N–H and O–H groups in total. The lowest BCUT2D eigenvalue weighted by Crippen LogP contribution is -2.39. The first kappa shape index (κ1) is 13.4. The van der Waals surface area contributed by atoms with Crippen molar-refractivity contribution in [2.24, 2.45) is 11.7 Å². The van der Waals surface area contributed by atoms with Gasteiger partial charge in [-0.15, -0.1) is 0 Å². The highest BCUT2D eigenvalue weighted by atomic mass is 16.4. The van der Waals surface area contributed by atoms with Crippen LogP contribution in [0.1, 0.15) is 27.2 Å². The maximum atomic E-state index is 10.5. The molecular weight excluding hydrogens is 180 g/mol. The van der Waals surface area contributed by atoms with Crippen molar-refractivity contribution < 1.29 is 9.90 Å². The Labute approximate surface area is 86.1 Å². The third-order valence-electron chi connectivity index (χ3n) is 2.77. The van der Waals surface area contributed by atoms with Crippen LogP contribution < -0.4 is 5.73 Å². The molecule has 0 aromatic carbocycles. The maximum absolute atomic E-state index is 10.5. The summed E-state index contributed by atoms with van der Waals surface area (Å²) < 4.78 is 0. The first-order valence-corrected chi connectivity index (χ1v) is 5.05. The Morgan fingerprint density at radius 2 is 1.93 bits per heavy atom. The summed E-state index contributed by atoms with van der Waals surface area (Å²) in [7, 11) is 2.00. The fourth-order valence-corrected chi connectivity index (χ4v) is 1.18. The van der Waals surface area contributed by atoms with Gasteiger partial charge in [0.15, 0.2) is 0 Å². The molecule has 0 bridgehead atoms. The Morgan fingerprint density at radius 3 is 2.29 bits per heavy atom. The molecular formula is C10H22N2O2. The van der Waals surface area contributed by atoms with Crippen LogP contribution >= 0.6 is 0 Å². The van der Waals surface area contributed by atoms with E-state index in [0.717, 1.165) is 6.54 Å². The van der Waals surface area contributed by atoms with Crippen molar-refractivity contribution in [2.45, 2.75) is 39.3 Å². The number of hydrogen-bond acceptors (Lipinski definition) is 3. The van der Waals surface area contributed by atoms with Gasteiger partial charge in [-0.25, -0.2) is 0 Å². The minimum Gasteiger partial charge on any atom is -0.480 e. The van der Waals surface area contributed by atoms with Gasteiger partial charge in [0.25, 0.3) is 0 Å². The molecule has 0 amide bonds. The number of rotatable bonds is 6. The molecule has 0 aromatic rings. The average molecular weight is 202 g/mol. The van der Waals surface area contributed by atoms with Crippen molar-refractivity contribution in [3.63, 3.8) is 0 Å². The van der Waals surface area contributed by atoms with E-state index in [4.69, 9.17) is 10.8 Å². The molecule has 0 aromatic heterocycles. The van der Waals surface area contributed by atoms with Crippen LogP contribution in [-0.2, 0) is 4.79 Å². The van der Waals surface area contributed by atoms with Gasteiger partial charge in [-0.2, -0.15) is 0 Å². The van der Waals surface area contributed by atoms with Crippen LogP contribution in [0.4, 0.5) is 0 Å². The third kappa shape index (κ3) is 4.58. The van der Waals surface area contributed by atoms with E-state index in [9.17, 15) is 4.79 Å². The van der Waals surface area contributed by atoms with E-state index in [-0.39, 0.29) is 0 Å². The average Bonchev–Trinajstić information content (AvgIpc) is 2.11. The van der Waals surface area contributed by atoms with Crippen molar-refractivity contribution in [3.8, 4) is 0 Å². The quantitative estimate of drug-likeness (QED) is 0.667. The Morgan fingerprint density at radius 1 is 1.43 bits per heavy atom. The third-order valence-corrected chi connectivity index (χ3v) is 2.77. The monoisotopic (exact) mass is 202 g/mol. The molecule has 0 aliphatic carbocycles. The zero-order valence-corrected chi connectivity index (χ0v) is 9.53. The van der Waals surface area contributed by atoms with Gasteiger partial charge in [-0.1, -0.05) is 13.8 Å². The smallest absolute Gasteiger partial charge is 0.320 e. The van der Waals surface area contributed by atoms with Gasteiger partial charge < -0.3 is 15.7 Å². The predicted molar refractivity (Wildman–Crippen MR) is 57.2 cm³/mol. The first-order valence-electron chi connectivity index (χ1n) is 5.05. The zero-order chi connectivity index (χ0) is 11.3. The van der Waals surface area contributed by atoms with E-state index in [1.54, 1.807) is 0 Å². The van der Waals surface area contributed by atoms with E-state index in [1.165, 1.54) is 0 Å². The lowest BCUT2D eigenvalue weighted by atomic mass is 10.0. The first-order chi connectivity index (χ1) is 6.36. The summed E-state index contributed by atoms with van der Waals surface area (Å²) in [6.07, 6.45) is 0.503. The Kier molecular flexibility index (Phi) is 5.72. The van der Waals surface area contributed by atoms with E-state index in [1.807, 2.05) is 7.05 Å². The number of hydrogen-bond donors (Lipinski definition) is 2. The molecule has 2 atom stereocenters. The van der Waals surface area contributed by atoms with Crippen LogP contribution in [0.25, 0.3) is 0 Å². The van der Waals surface area contributed by atoms with Gasteiger partial charge in [0, 0.05) is 12.6 Å². The Hall–Kier alpha value is -0.610. The summed E-state index contributed by atoms with van der Waals surface area (Å²) in [4.78, 5) is 12.6. The number of nitrogens with two attached hydrogens (primary N) is 1. The molecule has 0 spiro atoms. The van der Waals surface area contributed by atoms with Crippen molar-refractivity contribution in [3.05, 3.63) is 0 Å². The number of aliphatic carboxylic acids is 1. The molecule has 0 fully saturated rings. The van der Waals surface area contributed by atoms with Crippen molar-refractivity contribution >= 4 is 5.97 Å². The normalized spacial score (nSPS) is 15.9. The predicted octanol–water partition coefficient (Wildman–Crippen LogP) is 0.765. The standard InChI is InChI=1S/C10H22N2O2/c1-7(2)8(3)12(4)6-5-9(11)10(13)14/h7-9H,5-6,11H2,1-4H3,(H,13,14). The summed E-state index contributed by atoms with van der Waals surface area (Å²) in [5.74, 6) is -0.350. The van der Waals surface area contributed by atoms with Crippen molar-refractivity contribution in [1.82, 2.24) is 4.90 Å². The highest BCUT2D eigenvalue weighted by Crippen LogP contribution is 2.08. The number of carbonyl (C=O) groups is 1. The van der Waals surface area contributed by atoms with Crippen LogP contribution in [0, 0.1) is 5.92 Å². The second kappa shape index (κ2) is 5.98. The number of carboxylic acid groups (broad SMARTS) is 1. The van der Waals surface area contributed by atoms with Gasteiger partial charge in [0.2, 0.25) is 0 Å². The highest BCUT2D eigenvalue weighted by molar-refractivity contribution is 5.72. The van der Waals surface area contributed by atoms with E-state index in [2.05, 4.69) is 25.7 Å². The summed E-state index contributed by atoms with van der Waals surface area (Å²) >= 11 is 0. The molecule has 84 valence electrons. The van der Waals surface area contributed by atoms with Crippen molar-refractivity contribution in [2.75, 3.05) is 13.6 Å². The molecule has 0 saturated carbocycles. The molecule has 0 aliphatic heterocycles. The van der Waals surface area contributed by atoms with E-state index >= 15 is 0 Å². The topological polar surface area (TPSA) is 66.6 Å². The lowest BCUT2D eigenvalue weighted by Gasteiger charge is -2.28. The molecule has 4 nitrogen and oxygen atoms in total. The molecule has 0 rings (SSSR count). The number of nitrogens with zero attached hydrogens (tertiary/aromatic N) is 1. The highest BCUT2D eigenvalue weighted by Gasteiger charge is 2.16. The van der Waals surface area contributed by atoms with Crippen LogP contribution in [0.5, 0.6) is 0 Å². The van der Waals surface area contributed by atoms with Gasteiger partial charge >= 0.3 is 5.97 Å². The van der Waals surface area contributed by atoms with E-state index in [0.29, 0.717) is 18.4 Å². The van der Waals surface area contributed by atoms with Crippen LogP contribution in [-0.4, -0.2) is 41.7 Å². The zero-order valence-electron chi connectivity index (χ0n) is 9.53. The molecule has 4 heteroatoms. The fourth-order valence-electron chi connectivity index (χ4n) is 1.18. The lowest BCUT2D eigenvalue weighted by molar-refractivity contribution is -0.138.